The fourth-order valence-corrected chi connectivity index (χ4v) is 2.90. The summed E-state index contributed by atoms with van der Waals surface area (Å²) in [6, 6.07) is 5.51. The molecule has 0 aliphatic carbocycles. The van der Waals surface area contributed by atoms with Crippen LogP contribution in [0.15, 0.2) is 24.3 Å². The Balaban J connectivity index is 2.07. The van der Waals surface area contributed by atoms with E-state index in [-0.39, 0.29) is 6.04 Å². The first-order valence-corrected chi connectivity index (χ1v) is 7.08. The van der Waals surface area contributed by atoms with Crippen molar-refractivity contribution < 1.29 is 13.2 Å². The molecule has 112 valence electrons. The number of nitrogens with two attached hydrogens (primary N) is 1. The van der Waals surface area contributed by atoms with Crippen molar-refractivity contribution >= 4 is 0 Å². The van der Waals surface area contributed by atoms with Gasteiger partial charge in [-0.25, -0.2) is 0 Å². The third-order valence-electron chi connectivity index (χ3n) is 4.04. The maximum atomic E-state index is 12.7. The molecular formula is C15H21F3N2. The van der Waals surface area contributed by atoms with Crippen LogP contribution in [0.2, 0.25) is 0 Å². The van der Waals surface area contributed by atoms with E-state index in [2.05, 4.69) is 11.8 Å². The smallest absolute Gasteiger partial charge is 0.323 e. The molecule has 0 aromatic heterocycles. The first-order chi connectivity index (χ1) is 9.41. The molecular weight excluding hydrogens is 265 g/mol. The molecule has 2 N–H and O–H groups in total. The second kappa shape index (κ2) is 6.14. The largest absolute Gasteiger partial charge is 0.416 e. The van der Waals surface area contributed by atoms with Crippen molar-refractivity contribution in [2.45, 2.75) is 44.4 Å². The third-order valence-corrected chi connectivity index (χ3v) is 4.04. The van der Waals surface area contributed by atoms with Gasteiger partial charge in [-0.3, -0.25) is 4.90 Å². The van der Waals surface area contributed by atoms with Gasteiger partial charge in [0.05, 0.1) is 5.56 Å². The Labute approximate surface area is 117 Å². The highest BCUT2D eigenvalue weighted by molar-refractivity contribution is 5.28. The molecule has 0 amide bonds. The lowest BCUT2D eigenvalue weighted by molar-refractivity contribution is -0.137. The van der Waals surface area contributed by atoms with Crippen LogP contribution in [0.4, 0.5) is 13.2 Å². The van der Waals surface area contributed by atoms with Crippen LogP contribution in [-0.2, 0) is 6.18 Å². The minimum atomic E-state index is -4.31. The number of hydrogen-bond donors (Lipinski definition) is 1. The molecule has 0 saturated carbocycles. The molecule has 0 spiro atoms. The molecule has 2 unspecified atom stereocenters. The average molecular weight is 286 g/mol. The summed E-state index contributed by atoms with van der Waals surface area (Å²) < 4.78 is 38.1. The van der Waals surface area contributed by atoms with Crippen LogP contribution in [0.25, 0.3) is 0 Å². The number of likely N-dealkylation sites (tertiary alicyclic amines) is 1. The second-order valence-electron chi connectivity index (χ2n) is 5.43. The molecule has 5 heteroatoms. The Morgan fingerprint density at radius 2 is 2.15 bits per heavy atom. The van der Waals surface area contributed by atoms with Crippen molar-refractivity contribution in [1.82, 2.24) is 4.90 Å². The molecule has 0 radical (unpaired) electrons. The Hall–Kier alpha value is -1.07. The van der Waals surface area contributed by atoms with Gasteiger partial charge in [-0.05, 0) is 43.5 Å². The topological polar surface area (TPSA) is 29.3 Å². The van der Waals surface area contributed by atoms with E-state index in [0.717, 1.165) is 31.9 Å². The lowest BCUT2D eigenvalue weighted by Crippen LogP contribution is -2.35. The van der Waals surface area contributed by atoms with Gasteiger partial charge in [0, 0.05) is 18.6 Å². The zero-order valence-corrected chi connectivity index (χ0v) is 11.7. The number of rotatable bonds is 4. The van der Waals surface area contributed by atoms with Crippen molar-refractivity contribution in [3.63, 3.8) is 0 Å². The maximum absolute atomic E-state index is 12.7. The van der Waals surface area contributed by atoms with Gasteiger partial charge in [-0.15, -0.1) is 0 Å². The highest BCUT2D eigenvalue weighted by Crippen LogP contribution is 2.31. The van der Waals surface area contributed by atoms with E-state index < -0.39 is 11.7 Å². The molecule has 1 aliphatic rings. The van der Waals surface area contributed by atoms with Gasteiger partial charge >= 0.3 is 6.18 Å². The van der Waals surface area contributed by atoms with Gasteiger partial charge in [-0.1, -0.05) is 19.1 Å². The summed E-state index contributed by atoms with van der Waals surface area (Å²) in [6.07, 6.45) is -0.940. The summed E-state index contributed by atoms with van der Waals surface area (Å²) in [6.45, 7) is 3.75. The Kier molecular flexibility index (Phi) is 4.70. The predicted molar refractivity (Wildman–Crippen MR) is 73.3 cm³/mol. The molecule has 2 atom stereocenters. The van der Waals surface area contributed by atoms with Crippen molar-refractivity contribution in [2.75, 3.05) is 13.1 Å². The van der Waals surface area contributed by atoms with Crippen molar-refractivity contribution in [3.05, 3.63) is 35.4 Å². The molecule has 1 heterocycles. The summed E-state index contributed by atoms with van der Waals surface area (Å²) in [5, 5.41) is 0. The zero-order valence-electron chi connectivity index (χ0n) is 11.7. The number of hydrogen-bond acceptors (Lipinski definition) is 2. The maximum Gasteiger partial charge on any atom is 0.416 e. The van der Waals surface area contributed by atoms with E-state index in [9.17, 15) is 13.2 Å². The highest BCUT2D eigenvalue weighted by Gasteiger charge is 2.31. The van der Waals surface area contributed by atoms with Crippen LogP contribution in [0.3, 0.4) is 0 Å². The normalized spacial score (nSPS) is 22.1. The predicted octanol–water partition coefficient (Wildman–Crippen LogP) is 3.58. The van der Waals surface area contributed by atoms with E-state index in [1.54, 1.807) is 6.07 Å². The van der Waals surface area contributed by atoms with Gasteiger partial charge in [0.1, 0.15) is 0 Å². The van der Waals surface area contributed by atoms with Crippen LogP contribution < -0.4 is 5.73 Å². The number of benzene rings is 1. The Morgan fingerprint density at radius 3 is 2.80 bits per heavy atom. The van der Waals surface area contributed by atoms with E-state index in [1.807, 2.05) is 0 Å². The van der Waals surface area contributed by atoms with Gasteiger partial charge in [0.2, 0.25) is 0 Å². The van der Waals surface area contributed by atoms with Crippen LogP contribution in [0.1, 0.15) is 43.4 Å². The fraction of sp³-hybridized carbons (Fsp3) is 0.600. The second-order valence-corrected chi connectivity index (χ2v) is 5.43. The summed E-state index contributed by atoms with van der Waals surface area (Å²) >= 11 is 0. The molecule has 2 rings (SSSR count). The quantitative estimate of drug-likeness (QED) is 0.916. The molecule has 1 aliphatic heterocycles. The lowest BCUT2D eigenvalue weighted by atomic mass is 10.0. The van der Waals surface area contributed by atoms with E-state index in [1.165, 1.54) is 12.1 Å². The fourth-order valence-electron chi connectivity index (χ4n) is 2.90. The van der Waals surface area contributed by atoms with Gasteiger partial charge in [0.15, 0.2) is 0 Å². The zero-order chi connectivity index (χ0) is 14.8. The van der Waals surface area contributed by atoms with Crippen LogP contribution in [0, 0.1) is 0 Å². The standard InChI is InChI=1S/C15H21F3N2/c1-2-13-7-4-8-20(13)10-14(19)11-5-3-6-12(9-11)15(16,17)18/h3,5-6,9,13-14H,2,4,7-8,10,19H2,1H3. The van der Waals surface area contributed by atoms with Gasteiger partial charge in [-0.2, -0.15) is 13.2 Å². The molecule has 20 heavy (non-hydrogen) atoms. The van der Waals surface area contributed by atoms with Crippen molar-refractivity contribution in [3.8, 4) is 0 Å². The molecule has 1 aromatic rings. The molecule has 2 nitrogen and oxygen atoms in total. The number of halogens is 3. The molecule has 1 aromatic carbocycles. The van der Waals surface area contributed by atoms with Crippen LogP contribution in [-0.4, -0.2) is 24.0 Å². The highest BCUT2D eigenvalue weighted by atomic mass is 19.4. The number of alkyl halides is 3. The summed E-state index contributed by atoms with van der Waals surface area (Å²) in [4.78, 5) is 2.30. The minimum Gasteiger partial charge on any atom is -0.323 e. The minimum absolute atomic E-state index is 0.371. The average Bonchev–Trinajstić information content (AvgIpc) is 2.85. The first kappa shape index (κ1) is 15.3. The summed E-state index contributed by atoms with van der Waals surface area (Å²) in [5.41, 5.74) is 6.03. The Morgan fingerprint density at radius 1 is 1.40 bits per heavy atom. The molecule has 1 fully saturated rings. The Bertz CT molecular complexity index is 445. The summed E-state index contributed by atoms with van der Waals surface area (Å²) in [7, 11) is 0. The van der Waals surface area contributed by atoms with E-state index >= 15 is 0 Å². The summed E-state index contributed by atoms with van der Waals surface area (Å²) in [5.74, 6) is 0. The van der Waals surface area contributed by atoms with Gasteiger partial charge in [0.25, 0.3) is 0 Å². The first-order valence-electron chi connectivity index (χ1n) is 7.08. The van der Waals surface area contributed by atoms with Crippen LogP contribution >= 0.6 is 0 Å². The molecule has 1 saturated heterocycles. The SMILES string of the molecule is CCC1CCCN1CC(N)c1cccc(C(F)(F)F)c1. The lowest BCUT2D eigenvalue weighted by Gasteiger charge is -2.27. The number of nitrogens with zero attached hydrogens (tertiary/aromatic N) is 1. The van der Waals surface area contributed by atoms with E-state index in [0.29, 0.717) is 18.2 Å². The van der Waals surface area contributed by atoms with Gasteiger partial charge < -0.3 is 5.73 Å². The monoisotopic (exact) mass is 286 g/mol. The molecule has 0 bridgehead atoms. The van der Waals surface area contributed by atoms with Crippen LogP contribution in [0.5, 0.6) is 0 Å². The van der Waals surface area contributed by atoms with Crippen molar-refractivity contribution in [1.29, 1.82) is 0 Å². The third kappa shape index (κ3) is 3.52. The van der Waals surface area contributed by atoms with E-state index in [4.69, 9.17) is 5.73 Å². The van der Waals surface area contributed by atoms with Crippen molar-refractivity contribution in [2.24, 2.45) is 5.73 Å².